The molecule has 3 rings (SSSR count). The van der Waals surface area contributed by atoms with Crippen molar-refractivity contribution in [2.24, 2.45) is 0 Å². The smallest absolute Gasteiger partial charge is 0.246 e. The number of amides is 1. The molecule has 1 aromatic heterocycles. The molecule has 1 amide bonds. The molecule has 0 aliphatic carbocycles. The summed E-state index contributed by atoms with van der Waals surface area (Å²) >= 11 is 0. The van der Waals surface area contributed by atoms with E-state index in [4.69, 9.17) is 4.74 Å². The van der Waals surface area contributed by atoms with Crippen LogP contribution in [-0.2, 0) is 9.53 Å². The number of methoxy groups -OCH3 is 1. The fraction of sp³-hybridized carbons (Fsp3) is 0.190. The molecule has 0 aliphatic rings. The first-order chi connectivity index (χ1) is 13.6. The van der Waals surface area contributed by atoms with Crippen LogP contribution >= 0.6 is 0 Å². The molecule has 0 spiro atoms. The fourth-order valence-corrected chi connectivity index (χ4v) is 2.70. The average Bonchev–Trinajstić information content (AvgIpc) is 2.69. The van der Waals surface area contributed by atoms with Crippen LogP contribution in [0.3, 0.4) is 0 Å². The number of phenols is 1. The van der Waals surface area contributed by atoms with Crippen molar-refractivity contribution in [1.82, 2.24) is 15.3 Å². The van der Waals surface area contributed by atoms with Crippen LogP contribution in [0.1, 0.15) is 11.1 Å². The molecule has 0 atom stereocenters. The van der Waals surface area contributed by atoms with Gasteiger partial charge in [0.2, 0.25) is 5.91 Å². The normalized spacial score (nSPS) is 11.1. The van der Waals surface area contributed by atoms with Gasteiger partial charge in [0.05, 0.1) is 5.52 Å². The molecule has 0 bridgehead atoms. The molecule has 0 radical (unpaired) electrons. The molecule has 7 nitrogen and oxygen atoms in total. The van der Waals surface area contributed by atoms with E-state index in [0.717, 1.165) is 27.7 Å². The van der Waals surface area contributed by atoms with Crippen LogP contribution in [0.5, 0.6) is 5.75 Å². The Balaban J connectivity index is 1.79. The predicted octanol–water partition coefficient (Wildman–Crippen LogP) is 3.16. The Morgan fingerprint density at radius 2 is 2.07 bits per heavy atom. The number of ether oxygens (including phenoxy) is 1. The largest absolute Gasteiger partial charge is 0.508 e. The van der Waals surface area contributed by atoms with E-state index in [-0.39, 0.29) is 18.3 Å². The van der Waals surface area contributed by atoms with Crippen molar-refractivity contribution in [3.05, 3.63) is 59.9 Å². The first-order valence-corrected chi connectivity index (χ1v) is 8.80. The Morgan fingerprint density at radius 3 is 2.86 bits per heavy atom. The van der Waals surface area contributed by atoms with Gasteiger partial charge in [0.15, 0.2) is 0 Å². The van der Waals surface area contributed by atoms with Gasteiger partial charge in [-0.15, -0.1) is 0 Å². The van der Waals surface area contributed by atoms with Crippen molar-refractivity contribution >= 4 is 34.4 Å². The summed E-state index contributed by atoms with van der Waals surface area (Å²) in [6.07, 6.45) is 5.31. The lowest BCUT2D eigenvalue weighted by molar-refractivity contribution is -0.124. The van der Waals surface area contributed by atoms with Gasteiger partial charge in [0.1, 0.15) is 24.5 Å². The lowest BCUT2D eigenvalue weighted by atomic mass is 10.1. The van der Waals surface area contributed by atoms with Crippen LogP contribution < -0.4 is 10.6 Å². The van der Waals surface area contributed by atoms with Gasteiger partial charge in [0.25, 0.3) is 0 Å². The van der Waals surface area contributed by atoms with Gasteiger partial charge in [-0.3, -0.25) is 4.79 Å². The van der Waals surface area contributed by atoms with E-state index in [1.54, 1.807) is 12.1 Å². The van der Waals surface area contributed by atoms with Crippen molar-refractivity contribution in [2.45, 2.75) is 6.92 Å². The fourth-order valence-electron chi connectivity index (χ4n) is 2.70. The Bertz CT molecular complexity index is 1020. The highest BCUT2D eigenvalue weighted by Crippen LogP contribution is 2.27. The minimum Gasteiger partial charge on any atom is -0.508 e. The second-order valence-corrected chi connectivity index (χ2v) is 6.26. The predicted molar refractivity (Wildman–Crippen MR) is 110 cm³/mol. The third kappa shape index (κ3) is 4.83. The molecule has 2 aromatic carbocycles. The van der Waals surface area contributed by atoms with Crippen LogP contribution in [0, 0.1) is 6.92 Å². The van der Waals surface area contributed by atoms with Crippen molar-refractivity contribution in [3.8, 4) is 5.75 Å². The highest BCUT2D eigenvalue weighted by Gasteiger charge is 2.06. The van der Waals surface area contributed by atoms with E-state index in [1.165, 1.54) is 13.4 Å². The topological polar surface area (TPSA) is 96.4 Å². The number of carbonyl (C=O) groups is 1. The van der Waals surface area contributed by atoms with Gasteiger partial charge < -0.3 is 20.5 Å². The number of benzene rings is 2. The number of nitrogens with zero attached hydrogens (tertiary/aromatic N) is 2. The second-order valence-electron chi connectivity index (χ2n) is 6.26. The molecule has 1 heterocycles. The van der Waals surface area contributed by atoms with Crippen LogP contribution in [0.2, 0.25) is 0 Å². The van der Waals surface area contributed by atoms with E-state index >= 15 is 0 Å². The summed E-state index contributed by atoms with van der Waals surface area (Å²) in [5.74, 6) is 0.775. The summed E-state index contributed by atoms with van der Waals surface area (Å²) in [7, 11) is 1.48. The van der Waals surface area contributed by atoms with Crippen LogP contribution in [0.25, 0.3) is 17.0 Å². The first-order valence-electron chi connectivity index (χ1n) is 8.80. The lowest BCUT2D eigenvalue weighted by Crippen LogP contribution is -2.26. The Kier molecular flexibility index (Phi) is 6.18. The number of fused-ring (bicyclic) bond motifs is 1. The maximum atomic E-state index is 11.4. The summed E-state index contributed by atoms with van der Waals surface area (Å²) in [6, 6.07) is 11.2. The van der Waals surface area contributed by atoms with Gasteiger partial charge in [0, 0.05) is 24.7 Å². The number of hydrogen-bond acceptors (Lipinski definition) is 6. The Hall–Kier alpha value is -3.45. The van der Waals surface area contributed by atoms with Gasteiger partial charge in [-0.25, -0.2) is 9.97 Å². The van der Waals surface area contributed by atoms with Gasteiger partial charge >= 0.3 is 0 Å². The molecule has 28 heavy (non-hydrogen) atoms. The zero-order valence-electron chi connectivity index (χ0n) is 15.8. The van der Waals surface area contributed by atoms with E-state index in [9.17, 15) is 9.90 Å². The molecule has 0 aliphatic heterocycles. The number of carbonyl (C=O) groups excluding carboxylic acids is 1. The molecule has 144 valence electrons. The summed E-state index contributed by atoms with van der Waals surface area (Å²) in [5.41, 5.74) is 3.39. The summed E-state index contributed by atoms with van der Waals surface area (Å²) < 4.78 is 4.77. The molecule has 0 saturated heterocycles. The molecule has 0 saturated carbocycles. The lowest BCUT2D eigenvalue weighted by Gasteiger charge is -2.10. The zero-order valence-corrected chi connectivity index (χ0v) is 15.8. The highest BCUT2D eigenvalue weighted by atomic mass is 16.5. The number of aromatic nitrogens is 2. The molecule has 7 heteroatoms. The van der Waals surface area contributed by atoms with Crippen molar-refractivity contribution < 1.29 is 14.6 Å². The second kappa shape index (κ2) is 8.96. The molecule has 0 unspecified atom stereocenters. The van der Waals surface area contributed by atoms with Crippen LogP contribution in [-0.4, -0.2) is 41.2 Å². The standard InChI is InChI=1S/C21H22N4O3/c1-14-10-16(6-8-19(14)26)25-21-17-11-15(5-7-18(17)23-13-24-21)4-3-9-22-20(27)12-28-2/h3-8,10-11,13,26H,9,12H2,1-2H3,(H,22,27)(H,23,24,25). The maximum Gasteiger partial charge on any atom is 0.246 e. The Labute approximate surface area is 163 Å². The number of nitrogens with one attached hydrogen (secondary N) is 2. The summed E-state index contributed by atoms with van der Waals surface area (Å²) in [4.78, 5) is 20.0. The van der Waals surface area contributed by atoms with Crippen molar-refractivity contribution in [2.75, 3.05) is 25.6 Å². The number of hydrogen-bond donors (Lipinski definition) is 3. The molecular weight excluding hydrogens is 356 g/mol. The summed E-state index contributed by atoms with van der Waals surface area (Å²) in [5, 5.41) is 16.6. The third-order valence-electron chi connectivity index (χ3n) is 4.12. The van der Waals surface area contributed by atoms with E-state index in [0.29, 0.717) is 12.4 Å². The highest BCUT2D eigenvalue weighted by molar-refractivity contribution is 5.92. The minimum atomic E-state index is -0.158. The van der Waals surface area contributed by atoms with E-state index in [2.05, 4.69) is 20.6 Å². The number of phenolic OH excluding ortho intramolecular Hbond substituents is 1. The monoisotopic (exact) mass is 378 g/mol. The van der Waals surface area contributed by atoms with Crippen molar-refractivity contribution in [1.29, 1.82) is 0 Å². The zero-order chi connectivity index (χ0) is 19.9. The SMILES string of the molecule is COCC(=O)NCC=Cc1ccc2ncnc(Nc3ccc(O)c(C)c3)c2c1. The molecule has 3 N–H and O–H groups in total. The number of rotatable bonds is 7. The molecule has 0 fully saturated rings. The first kappa shape index (κ1) is 19.3. The van der Waals surface area contributed by atoms with Gasteiger partial charge in [-0.1, -0.05) is 18.2 Å². The summed E-state index contributed by atoms with van der Waals surface area (Å²) in [6.45, 7) is 2.31. The van der Waals surface area contributed by atoms with E-state index < -0.39 is 0 Å². The third-order valence-corrected chi connectivity index (χ3v) is 4.12. The van der Waals surface area contributed by atoms with Crippen LogP contribution in [0.4, 0.5) is 11.5 Å². The maximum absolute atomic E-state index is 11.4. The quantitative estimate of drug-likeness (QED) is 0.547. The van der Waals surface area contributed by atoms with Gasteiger partial charge in [-0.05, 0) is 48.4 Å². The van der Waals surface area contributed by atoms with Gasteiger partial charge in [-0.2, -0.15) is 0 Å². The minimum absolute atomic E-state index is 0.0485. The average molecular weight is 378 g/mol. The molecule has 3 aromatic rings. The van der Waals surface area contributed by atoms with Crippen LogP contribution in [0.15, 0.2) is 48.8 Å². The Morgan fingerprint density at radius 1 is 1.21 bits per heavy atom. The van der Waals surface area contributed by atoms with E-state index in [1.807, 2.05) is 43.3 Å². The molecular formula is C21H22N4O3. The number of anilines is 2. The van der Waals surface area contributed by atoms with Crippen molar-refractivity contribution in [3.63, 3.8) is 0 Å². The number of aryl methyl sites for hydroxylation is 1. The number of aromatic hydroxyl groups is 1.